The Morgan fingerprint density at radius 1 is 1.70 bits per heavy atom. The average molecular weight is 221 g/mol. The van der Waals surface area contributed by atoms with E-state index >= 15 is 0 Å². The highest BCUT2D eigenvalue weighted by molar-refractivity contribution is 9.10. The van der Waals surface area contributed by atoms with Crippen LogP contribution in [-0.4, -0.2) is 9.78 Å². The maximum atomic E-state index is 5.72. The fourth-order valence-corrected chi connectivity index (χ4v) is 1.30. The molecule has 1 saturated carbocycles. The Kier molecular flexibility index (Phi) is 1.49. The van der Waals surface area contributed by atoms with Crippen molar-refractivity contribution >= 4 is 27.5 Å². The predicted octanol–water partition coefficient (Wildman–Crippen LogP) is 2.63. The summed E-state index contributed by atoms with van der Waals surface area (Å²) in [4.78, 5) is 0. The van der Waals surface area contributed by atoms with Gasteiger partial charge < -0.3 is 0 Å². The normalized spacial score (nSPS) is 17.8. The lowest BCUT2D eigenvalue weighted by Crippen LogP contribution is -1.92. The Labute approximate surface area is 72.3 Å². The molecule has 0 aliphatic heterocycles. The number of rotatable bonds is 1. The SMILES string of the molecule is Clc1nn(C2CC2)cc1Br. The summed E-state index contributed by atoms with van der Waals surface area (Å²) >= 11 is 9.02. The standard InChI is InChI=1S/C6H6BrClN2/c7-5-3-10(4-1-2-4)9-6(5)8/h3-4H,1-2H2. The van der Waals surface area contributed by atoms with Gasteiger partial charge in [0.05, 0.1) is 10.5 Å². The molecule has 1 aliphatic rings. The van der Waals surface area contributed by atoms with Crippen LogP contribution in [0.5, 0.6) is 0 Å². The van der Waals surface area contributed by atoms with Gasteiger partial charge in [-0.15, -0.1) is 0 Å². The number of hydrogen-bond acceptors (Lipinski definition) is 1. The van der Waals surface area contributed by atoms with Crippen molar-refractivity contribution in [3.8, 4) is 0 Å². The minimum absolute atomic E-state index is 0.562. The molecule has 0 spiro atoms. The highest BCUT2D eigenvalue weighted by Gasteiger charge is 2.24. The van der Waals surface area contributed by atoms with Gasteiger partial charge in [0.2, 0.25) is 0 Å². The zero-order chi connectivity index (χ0) is 7.14. The molecule has 0 saturated heterocycles. The van der Waals surface area contributed by atoms with E-state index in [4.69, 9.17) is 11.6 Å². The molecule has 0 bridgehead atoms. The molecule has 2 rings (SSSR count). The van der Waals surface area contributed by atoms with Crippen molar-refractivity contribution < 1.29 is 0 Å². The monoisotopic (exact) mass is 220 g/mol. The number of aromatic nitrogens is 2. The van der Waals surface area contributed by atoms with E-state index in [-0.39, 0.29) is 0 Å². The molecule has 10 heavy (non-hydrogen) atoms. The van der Waals surface area contributed by atoms with Crippen molar-refractivity contribution in [3.63, 3.8) is 0 Å². The van der Waals surface area contributed by atoms with Crippen LogP contribution in [0.3, 0.4) is 0 Å². The van der Waals surface area contributed by atoms with E-state index in [9.17, 15) is 0 Å². The van der Waals surface area contributed by atoms with Crippen LogP contribution in [0.4, 0.5) is 0 Å². The molecule has 1 aliphatic carbocycles. The van der Waals surface area contributed by atoms with Gasteiger partial charge >= 0.3 is 0 Å². The van der Waals surface area contributed by atoms with Gasteiger partial charge in [-0.05, 0) is 28.8 Å². The zero-order valence-corrected chi connectivity index (χ0v) is 7.56. The Morgan fingerprint density at radius 3 is 2.80 bits per heavy atom. The number of hydrogen-bond donors (Lipinski definition) is 0. The number of halogens is 2. The zero-order valence-electron chi connectivity index (χ0n) is 5.22. The van der Waals surface area contributed by atoms with Crippen LogP contribution in [0.2, 0.25) is 5.15 Å². The quantitative estimate of drug-likeness (QED) is 0.713. The van der Waals surface area contributed by atoms with Crippen LogP contribution in [-0.2, 0) is 0 Å². The molecule has 1 aromatic heterocycles. The second-order valence-corrected chi connectivity index (χ2v) is 3.69. The second-order valence-electron chi connectivity index (χ2n) is 2.48. The van der Waals surface area contributed by atoms with Gasteiger partial charge in [0.25, 0.3) is 0 Å². The first-order chi connectivity index (χ1) is 4.77. The van der Waals surface area contributed by atoms with Crippen molar-refractivity contribution in [2.75, 3.05) is 0 Å². The molecule has 1 aromatic rings. The Balaban J connectivity index is 2.34. The summed E-state index contributed by atoms with van der Waals surface area (Å²) in [6, 6.07) is 0.615. The molecule has 2 nitrogen and oxygen atoms in total. The maximum absolute atomic E-state index is 5.72. The lowest BCUT2D eigenvalue weighted by molar-refractivity contribution is 0.641. The fourth-order valence-electron chi connectivity index (χ4n) is 0.874. The fraction of sp³-hybridized carbons (Fsp3) is 0.500. The molecule has 0 unspecified atom stereocenters. The van der Waals surface area contributed by atoms with Crippen molar-refractivity contribution in [2.45, 2.75) is 18.9 Å². The van der Waals surface area contributed by atoms with Gasteiger partial charge in [0, 0.05) is 6.20 Å². The van der Waals surface area contributed by atoms with Gasteiger partial charge in [-0.25, -0.2) is 0 Å². The molecule has 4 heteroatoms. The third kappa shape index (κ3) is 1.08. The predicted molar refractivity (Wildman–Crippen MR) is 43.2 cm³/mol. The first-order valence-corrected chi connectivity index (χ1v) is 4.34. The molecule has 0 aromatic carbocycles. The summed E-state index contributed by atoms with van der Waals surface area (Å²) in [6.07, 6.45) is 4.41. The molecular formula is C6H6BrClN2. The summed E-state index contributed by atoms with van der Waals surface area (Å²) in [5.41, 5.74) is 0. The topological polar surface area (TPSA) is 17.8 Å². The third-order valence-corrected chi connectivity index (χ3v) is 2.65. The van der Waals surface area contributed by atoms with E-state index in [1.54, 1.807) is 0 Å². The van der Waals surface area contributed by atoms with E-state index < -0.39 is 0 Å². The van der Waals surface area contributed by atoms with Crippen molar-refractivity contribution in [3.05, 3.63) is 15.8 Å². The first kappa shape index (κ1) is 6.68. The van der Waals surface area contributed by atoms with Crippen molar-refractivity contribution in [1.82, 2.24) is 9.78 Å². The minimum Gasteiger partial charge on any atom is -0.267 e. The average Bonchev–Trinajstić information content (AvgIpc) is 2.64. The van der Waals surface area contributed by atoms with E-state index in [0.29, 0.717) is 11.2 Å². The van der Waals surface area contributed by atoms with E-state index in [0.717, 1.165) is 4.47 Å². The van der Waals surface area contributed by atoms with Gasteiger partial charge in [0.1, 0.15) is 0 Å². The molecule has 0 radical (unpaired) electrons. The molecule has 1 heterocycles. The van der Waals surface area contributed by atoms with E-state index in [1.807, 2.05) is 10.9 Å². The summed E-state index contributed by atoms with van der Waals surface area (Å²) in [7, 11) is 0. The van der Waals surface area contributed by atoms with Gasteiger partial charge in [-0.1, -0.05) is 11.6 Å². The Hall–Kier alpha value is -0.0200. The van der Waals surface area contributed by atoms with E-state index in [1.165, 1.54) is 12.8 Å². The first-order valence-electron chi connectivity index (χ1n) is 3.17. The van der Waals surface area contributed by atoms with Gasteiger partial charge in [0.15, 0.2) is 5.15 Å². The molecule has 54 valence electrons. The second kappa shape index (κ2) is 2.24. The Bertz CT molecular complexity index is 235. The molecule has 0 amide bonds. The highest BCUT2D eigenvalue weighted by Crippen LogP contribution is 2.36. The molecule has 0 N–H and O–H groups in total. The Morgan fingerprint density at radius 2 is 2.40 bits per heavy atom. The molecule has 0 atom stereocenters. The van der Waals surface area contributed by atoms with Crippen LogP contribution in [0.1, 0.15) is 18.9 Å². The van der Waals surface area contributed by atoms with Crippen LogP contribution in [0, 0.1) is 0 Å². The van der Waals surface area contributed by atoms with E-state index in [2.05, 4.69) is 21.0 Å². The third-order valence-electron chi connectivity index (χ3n) is 1.57. The summed E-state index contributed by atoms with van der Waals surface area (Å²) in [5.74, 6) is 0. The lowest BCUT2D eigenvalue weighted by atomic mass is 10.7. The number of nitrogens with zero attached hydrogens (tertiary/aromatic N) is 2. The van der Waals surface area contributed by atoms with Crippen LogP contribution >= 0.6 is 27.5 Å². The molecule has 1 fully saturated rings. The smallest absolute Gasteiger partial charge is 0.165 e. The highest BCUT2D eigenvalue weighted by atomic mass is 79.9. The van der Waals surface area contributed by atoms with Crippen molar-refractivity contribution in [2.24, 2.45) is 0 Å². The van der Waals surface area contributed by atoms with Crippen LogP contribution in [0.25, 0.3) is 0 Å². The van der Waals surface area contributed by atoms with Crippen molar-refractivity contribution in [1.29, 1.82) is 0 Å². The molecular weight excluding hydrogens is 215 g/mol. The minimum atomic E-state index is 0.562. The van der Waals surface area contributed by atoms with Crippen LogP contribution in [0.15, 0.2) is 10.7 Å². The van der Waals surface area contributed by atoms with Gasteiger partial charge in [-0.3, -0.25) is 4.68 Å². The maximum Gasteiger partial charge on any atom is 0.165 e. The lowest BCUT2D eigenvalue weighted by Gasteiger charge is -1.91. The summed E-state index contributed by atoms with van der Waals surface area (Å²) in [6.45, 7) is 0. The summed E-state index contributed by atoms with van der Waals surface area (Å²) in [5, 5.41) is 4.67. The summed E-state index contributed by atoms with van der Waals surface area (Å²) < 4.78 is 2.81. The van der Waals surface area contributed by atoms with Gasteiger partial charge in [-0.2, -0.15) is 5.10 Å². The largest absolute Gasteiger partial charge is 0.267 e. The van der Waals surface area contributed by atoms with Crippen LogP contribution < -0.4 is 0 Å².